The molecule has 0 saturated carbocycles. The second kappa shape index (κ2) is 6.62. The number of aromatic nitrogens is 2. The van der Waals surface area contributed by atoms with Gasteiger partial charge in [-0.2, -0.15) is 5.10 Å². The van der Waals surface area contributed by atoms with Gasteiger partial charge in [0, 0.05) is 11.0 Å². The summed E-state index contributed by atoms with van der Waals surface area (Å²) in [5.74, 6) is 0.745. The molecule has 0 aliphatic heterocycles. The summed E-state index contributed by atoms with van der Waals surface area (Å²) in [6.45, 7) is 7.11. The van der Waals surface area contributed by atoms with Crippen LogP contribution in [0.15, 0.2) is 22.8 Å². The Hall–Kier alpha value is -1.33. The Morgan fingerprint density at radius 2 is 1.95 bits per heavy atom. The van der Waals surface area contributed by atoms with E-state index in [-0.39, 0.29) is 6.04 Å². The molecule has 2 rings (SSSR count). The van der Waals surface area contributed by atoms with Crippen molar-refractivity contribution < 1.29 is 4.74 Å². The Morgan fingerprint density at radius 1 is 1.33 bits per heavy atom. The van der Waals surface area contributed by atoms with Crippen LogP contribution >= 0.6 is 15.9 Å². The van der Waals surface area contributed by atoms with Crippen molar-refractivity contribution in [2.24, 2.45) is 5.73 Å². The van der Waals surface area contributed by atoms with Crippen molar-refractivity contribution in [2.45, 2.75) is 39.8 Å². The minimum absolute atomic E-state index is 0.250. The van der Waals surface area contributed by atoms with Gasteiger partial charge in [-0.15, -0.1) is 0 Å². The van der Waals surface area contributed by atoms with Crippen LogP contribution in [0.2, 0.25) is 0 Å². The molecule has 0 aliphatic carbocycles. The molecule has 1 heterocycles. The van der Waals surface area contributed by atoms with Gasteiger partial charge in [-0.05, 0) is 37.0 Å². The Kier molecular flexibility index (Phi) is 5.06. The molecule has 0 radical (unpaired) electrons. The van der Waals surface area contributed by atoms with E-state index < -0.39 is 0 Å². The highest BCUT2D eigenvalue weighted by Crippen LogP contribution is 2.31. The largest absolute Gasteiger partial charge is 0.493 e. The number of rotatable bonds is 5. The van der Waals surface area contributed by atoms with Crippen LogP contribution < -0.4 is 10.5 Å². The van der Waals surface area contributed by atoms with Gasteiger partial charge in [-0.1, -0.05) is 35.0 Å². The first-order valence-corrected chi connectivity index (χ1v) is 7.90. The number of halogens is 1. The first-order valence-electron chi connectivity index (χ1n) is 7.11. The number of benzene rings is 1. The van der Waals surface area contributed by atoms with Gasteiger partial charge in [0.25, 0.3) is 0 Å². The molecule has 2 N–H and O–H groups in total. The van der Waals surface area contributed by atoms with Crippen LogP contribution in [-0.2, 0) is 6.54 Å². The lowest BCUT2D eigenvalue weighted by atomic mass is 9.99. The smallest absolute Gasteiger partial charge is 0.161 e. The Bertz CT molecular complexity index is 613. The molecule has 0 fully saturated rings. The van der Waals surface area contributed by atoms with Crippen molar-refractivity contribution in [1.29, 1.82) is 0 Å². The monoisotopic (exact) mass is 351 g/mol. The number of hydrogen-bond donors (Lipinski definition) is 1. The van der Waals surface area contributed by atoms with Crippen molar-refractivity contribution in [2.75, 3.05) is 7.11 Å². The van der Waals surface area contributed by atoms with Crippen LogP contribution in [0.1, 0.15) is 41.8 Å². The van der Waals surface area contributed by atoms with E-state index >= 15 is 0 Å². The fourth-order valence-electron chi connectivity index (χ4n) is 2.56. The van der Waals surface area contributed by atoms with Crippen molar-refractivity contribution in [3.05, 3.63) is 45.2 Å². The van der Waals surface area contributed by atoms with Crippen molar-refractivity contribution in [3.63, 3.8) is 0 Å². The van der Waals surface area contributed by atoms with Gasteiger partial charge < -0.3 is 10.5 Å². The van der Waals surface area contributed by atoms with Crippen molar-refractivity contribution in [3.8, 4) is 5.75 Å². The minimum Gasteiger partial charge on any atom is -0.493 e. The number of ether oxygens (including phenoxy) is 1. The summed E-state index contributed by atoms with van der Waals surface area (Å²) >= 11 is 3.60. The third-order valence-corrected chi connectivity index (χ3v) is 4.86. The van der Waals surface area contributed by atoms with Crippen molar-refractivity contribution >= 4 is 15.9 Å². The molecule has 0 saturated heterocycles. The molecule has 1 atom stereocenters. The second-order valence-electron chi connectivity index (χ2n) is 5.27. The standard InChI is InChI=1S/C16H22BrN3O/c1-5-6-20-16(13(21-4)9-19-20)15(18)12-7-10(2)14(17)11(3)8-12/h7-9,15H,5-6,18H2,1-4H3. The van der Waals surface area contributed by atoms with Gasteiger partial charge >= 0.3 is 0 Å². The highest BCUT2D eigenvalue weighted by atomic mass is 79.9. The third kappa shape index (κ3) is 3.14. The van der Waals surface area contributed by atoms with E-state index in [1.165, 1.54) is 11.1 Å². The predicted molar refractivity (Wildman–Crippen MR) is 88.7 cm³/mol. The van der Waals surface area contributed by atoms with E-state index in [2.05, 4.69) is 53.9 Å². The van der Waals surface area contributed by atoms with Crippen LogP contribution in [-0.4, -0.2) is 16.9 Å². The normalized spacial score (nSPS) is 12.5. The van der Waals surface area contributed by atoms with Crippen LogP contribution in [0.4, 0.5) is 0 Å². The zero-order valence-electron chi connectivity index (χ0n) is 13.0. The molecule has 0 aliphatic rings. The zero-order valence-corrected chi connectivity index (χ0v) is 14.6. The molecule has 1 unspecified atom stereocenters. The summed E-state index contributed by atoms with van der Waals surface area (Å²) in [5.41, 5.74) is 10.9. The molecule has 21 heavy (non-hydrogen) atoms. The number of methoxy groups -OCH3 is 1. The summed E-state index contributed by atoms with van der Waals surface area (Å²) in [6, 6.07) is 3.98. The van der Waals surface area contributed by atoms with E-state index in [1.807, 2.05) is 4.68 Å². The summed E-state index contributed by atoms with van der Waals surface area (Å²) in [7, 11) is 1.65. The Morgan fingerprint density at radius 3 is 2.48 bits per heavy atom. The average molecular weight is 352 g/mol. The van der Waals surface area contributed by atoms with E-state index in [1.54, 1.807) is 13.3 Å². The molecule has 2 aromatic rings. The Labute approximate surface area is 134 Å². The molecule has 1 aromatic carbocycles. The van der Waals surface area contributed by atoms with Crippen molar-refractivity contribution in [1.82, 2.24) is 9.78 Å². The molecular formula is C16H22BrN3O. The molecular weight excluding hydrogens is 330 g/mol. The van der Waals surface area contributed by atoms with Gasteiger partial charge in [0.2, 0.25) is 0 Å². The van der Waals surface area contributed by atoms with E-state index in [4.69, 9.17) is 10.5 Å². The summed E-state index contributed by atoms with van der Waals surface area (Å²) in [4.78, 5) is 0. The van der Waals surface area contributed by atoms with E-state index in [9.17, 15) is 0 Å². The molecule has 0 spiro atoms. The number of hydrogen-bond acceptors (Lipinski definition) is 3. The summed E-state index contributed by atoms with van der Waals surface area (Å²) < 4.78 is 8.50. The molecule has 114 valence electrons. The third-order valence-electron chi connectivity index (χ3n) is 3.61. The molecule has 0 bridgehead atoms. The number of nitrogens with zero attached hydrogens (tertiary/aromatic N) is 2. The number of aryl methyl sites for hydroxylation is 3. The summed E-state index contributed by atoms with van der Waals surface area (Å²) in [6.07, 6.45) is 2.74. The fraction of sp³-hybridized carbons (Fsp3) is 0.438. The van der Waals surface area contributed by atoms with Crippen LogP contribution in [0.25, 0.3) is 0 Å². The highest BCUT2D eigenvalue weighted by molar-refractivity contribution is 9.10. The van der Waals surface area contributed by atoms with Gasteiger partial charge in [0.15, 0.2) is 5.75 Å². The van der Waals surface area contributed by atoms with Gasteiger partial charge in [0.05, 0.1) is 19.3 Å². The topological polar surface area (TPSA) is 53.1 Å². The van der Waals surface area contributed by atoms with Gasteiger partial charge in [-0.25, -0.2) is 0 Å². The first kappa shape index (κ1) is 16.0. The molecule has 5 heteroatoms. The quantitative estimate of drug-likeness (QED) is 0.892. The molecule has 0 amide bonds. The number of nitrogens with two attached hydrogens (primary N) is 1. The predicted octanol–water partition coefficient (Wildman–Crippen LogP) is 3.73. The van der Waals surface area contributed by atoms with Crippen LogP contribution in [0, 0.1) is 13.8 Å². The SMILES string of the molecule is CCCn1ncc(OC)c1C(N)c1cc(C)c(Br)c(C)c1. The highest BCUT2D eigenvalue weighted by Gasteiger charge is 2.21. The lowest BCUT2D eigenvalue weighted by Gasteiger charge is -2.18. The lowest BCUT2D eigenvalue weighted by molar-refractivity contribution is 0.404. The minimum atomic E-state index is -0.250. The lowest BCUT2D eigenvalue weighted by Crippen LogP contribution is -2.19. The average Bonchev–Trinajstić information content (AvgIpc) is 2.86. The van der Waals surface area contributed by atoms with Crippen LogP contribution in [0.3, 0.4) is 0 Å². The zero-order chi connectivity index (χ0) is 15.6. The molecule has 4 nitrogen and oxygen atoms in total. The van der Waals surface area contributed by atoms with E-state index in [0.29, 0.717) is 0 Å². The fourth-order valence-corrected chi connectivity index (χ4v) is 2.78. The Balaban J connectivity index is 2.48. The van der Waals surface area contributed by atoms with E-state index in [0.717, 1.165) is 34.4 Å². The molecule has 1 aromatic heterocycles. The maximum Gasteiger partial charge on any atom is 0.161 e. The second-order valence-corrected chi connectivity index (χ2v) is 6.06. The summed E-state index contributed by atoms with van der Waals surface area (Å²) in [5, 5.41) is 4.39. The first-order chi connectivity index (χ1) is 9.99. The van der Waals surface area contributed by atoms with Gasteiger partial charge in [-0.3, -0.25) is 4.68 Å². The maximum absolute atomic E-state index is 6.50. The maximum atomic E-state index is 6.50. The van der Waals surface area contributed by atoms with Crippen LogP contribution in [0.5, 0.6) is 5.75 Å². The van der Waals surface area contributed by atoms with Gasteiger partial charge in [0.1, 0.15) is 5.69 Å².